The summed E-state index contributed by atoms with van der Waals surface area (Å²) >= 11 is 0. The first kappa shape index (κ1) is 21.4. The molecule has 1 aliphatic carbocycles. The molecule has 2 fully saturated rings. The second kappa shape index (κ2) is 7.82. The van der Waals surface area contributed by atoms with Gasteiger partial charge in [-0.05, 0) is 54.1 Å². The van der Waals surface area contributed by atoms with Crippen LogP contribution in [0.1, 0.15) is 70.9 Å². The van der Waals surface area contributed by atoms with Crippen LogP contribution in [0.25, 0.3) is 5.57 Å². The van der Waals surface area contributed by atoms with Crippen molar-refractivity contribution in [3.8, 4) is 0 Å². The molecule has 1 saturated carbocycles. The first-order chi connectivity index (χ1) is 12.5. The highest BCUT2D eigenvalue weighted by molar-refractivity contribution is 8.37. The molecule has 1 aromatic rings. The van der Waals surface area contributed by atoms with E-state index in [1.54, 1.807) is 0 Å². The molecule has 0 N–H and O–H groups in total. The number of aryl methyl sites for hydroxylation is 1. The summed E-state index contributed by atoms with van der Waals surface area (Å²) in [6, 6.07) is 3.07. The Kier molecular flexibility index (Phi) is 6.19. The molecule has 4 heteroatoms. The highest BCUT2D eigenvalue weighted by Crippen LogP contribution is 2.58. The average molecular weight is 407 g/mol. The van der Waals surface area contributed by atoms with Crippen molar-refractivity contribution >= 4 is 22.1 Å². The maximum Gasteiger partial charge on any atom is 0.0833 e. The number of hydrogen-bond acceptors (Lipinski definition) is 2. The van der Waals surface area contributed by atoms with Crippen LogP contribution in [0.15, 0.2) is 24.2 Å². The van der Waals surface area contributed by atoms with Gasteiger partial charge in [0.15, 0.2) is 0 Å². The number of hydrogen-bond donors (Lipinski definition) is 0. The van der Waals surface area contributed by atoms with E-state index in [4.69, 9.17) is 0 Å². The van der Waals surface area contributed by atoms with Crippen molar-refractivity contribution in [2.75, 3.05) is 20.6 Å². The molecule has 0 aromatic carbocycles. The van der Waals surface area contributed by atoms with Crippen LogP contribution < -0.4 is 0 Å². The van der Waals surface area contributed by atoms with Crippen molar-refractivity contribution in [3.05, 3.63) is 35.4 Å². The predicted octanol–water partition coefficient (Wildman–Crippen LogP) is 6.99. The first-order valence-electron chi connectivity index (χ1n) is 10.4. The third-order valence-electron chi connectivity index (χ3n) is 6.34. The van der Waals surface area contributed by atoms with Crippen molar-refractivity contribution in [1.82, 2.24) is 9.21 Å². The summed E-state index contributed by atoms with van der Waals surface area (Å²) in [6.07, 6.45) is 6.70. The molecular weight excluding hydrogens is 367 g/mol. The topological polar surface area (TPSA) is 6.48 Å². The predicted molar refractivity (Wildman–Crippen MR) is 126 cm³/mol. The van der Waals surface area contributed by atoms with Gasteiger partial charge >= 0.3 is 0 Å². The molecule has 0 radical (unpaired) electrons. The summed E-state index contributed by atoms with van der Waals surface area (Å²) in [7, 11) is 4.79. The standard InChI is InChI=1S/C23H39N2PS/c1-18(2)21-11-14-26(17-19(21)3)27(22(4,5)6)25-16-20(24(7)8)15-23(25)12-9-10-13-23/h11,14,17,20H,1,9-10,12-13,15-16H2,2-8H3. The molecule has 0 amide bonds. The Labute approximate surface area is 170 Å². The van der Waals surface area contributed by atoms with E-state index in [1.807, 2.05) is 0 Å². The number of rotatable bonds is 3. The molecule has 1 saturated heterocycles. The maximum atomic E-state index is 4.18. The largest absolute Gasteiger partial charge is 0.305 e. The van der Waals surface area contributed by atoms with E-state index < -0.39 is 0 Å². The summed E-state index contributed by atoms with van der Waals surface area (Å²) in [4.78, 5) is 2.47. The number of nitrogens with zero attached hydrogens (tertiary/aromatic N) is 2. The SMILES string of the molecule is C=C(C)c1c[cH-][p+](=S(N2CC(N(C)C)CC23CCCC3)C(C)(C)C)cc1C. The Balaban J connectivity index is 2.18. The third-order valence-corrected chi connectivity index (χ3v) is 14.0. The summed E-state index contributed by atoms with van der Waals surface area (Å²) < 4.78 is 3.31. The Hall–Kier alpha value is -0.340. The molecule has 3 rings (SSSR count). The molecule has 1 aliphatic heterocycles. The molecule has 3 unspecified atom stereocenters. The normalized spacial score (nSPS) is 24.7. The summed E-state index contributed by atoms with van der Waals surface area (Å²) in [6.45, 7) is 17.2. The fourth-order valence-corrected chi connectivity index (χ4v) is 13.2. The van der Waals surface area contributed by atoms with Gasteiger partial charge in [-0.2, -0.15) is 0 Å². The zero-order valence-corrected chi connectivity index (χ0v) is 20.2. The van der Waals surface area contributed by atoms with Crippen LogP contribution in [0.4, 0.5) is 0 Å². The molecule has 2 heterocycles. The zero-order chi connectivity index (χ0) is 20.0. The summed E-state index contributed by atoms with van der Waals surface area (Å²) in [5.41, 5.74) is 4.41. The van der Waals surface area contributed by atoms with Gasteiger partial charge in [-0.15, -0.1) is 29.3 Å². The molecule has 152 valence electrons. The second-order valence-electron chi connectivity index (χ2n) is 9.87. The van der Waals surface area contributed by atoms with E-state index in [0.717, 1.165) is 0 Å². The monoisotopic (exact) mass is 406 g/mol. The maximum absolute atomic E-state index is 4.18. The van der Waals surface area contributed by atoms with Crippen LogP contribution in [0.3, 0.4) is 0 Å². The van der Waals surface area contributed by atoms with E-state index in [9.17, 15) is 0 Å². The van der Waals surface area contributed by atoms with Gasteiger partial charge < -0.3 is 4.90 Å². The lowest BCUT2D eigenvalue weighted by Gasteiger charge is -2.38. The van der Waals surface area contributed by atoms with E-state index in [0.29, 0.717) is 16.3 Å². The van der Waals surface area contributed by atoms with Crippen molar-refractivity contribution < 1.29 is 0 Å². The first-order valence-corrected chi connectivity index (χ1v) is 13.7. The average Bonchev–Trinajstić information content (AvgIpc) is 3.15. The third kappa shape index (κ3) is 4.17. The van der Waals surface area contributed by atoms with Gasteiger partial charge in [0, 0.05) is 40.0 Å². The molecule has 1 spiro atoms. The molecule has 2 aliphatic rings. The Morgan fingerprint density at radius 3 is 2.44 bits per heavy atom. The lowest BCUT2D eigenvalue weighted by molar-refractivity contribution is 0.260. The Morgan fingerprint density at radius 1 is 1.33 bits per heavy atom. The second-order valence-corrected chi connectivity index (χ2v) is 15.6. The molecule has 2 nitrogen and oxygen atoms in total. The van der Waals surface area contributed by atoms with E-state index in [-0.39, 0.29) is 16.6 Å². The highest BCUT2D eigenvalue weighted by atomic mass is 32.5. The zero-order valence-electron chi connectivity index (χ0n) is 18.5. The van der Waals surface area contributed by atoms with Gasteiger partial charge in [-0.25, -0.2) is 4.31 Å². The van der Waals surface area contributed by atoms with Crippen LogP contribution in [0.2, 0.25) is 0 Å². The highest BCUT2D eigenvalue weighted by Gasteiger charge is 2.52. The van der Waals surface area contributed by atoms with Gasteiger partial charge in [-0.3, -0.25) is 0 Å². The minimum atomic E-state index is -0.275. The van der Waals surface area contributed by atoms with Crippen LogP contribution >= 0.6 is 16.6 Å². The fourth-order valence-electron chi connectivity index (χ4n) is 5.01. The Bertz CT molecular complexity index is 778. The van der Waals surface area contributed by atoms with Gasteiger partial charge in [0.1, 0.15) is 0 Å². The van der Waals surface area contributed by atoms with Crippen molar-refractivity contribution in [1.29, 1.82) is 0 Å². The molecular formula is C23H39N2PS. The minimum Gasteiger partial charge on any atom is -0.305 e. The number of allylic oxidation sites excluding steroid dienone is 1. The quantitative estimate of drug-likeness (QED) is 0.499. The van der Waals surface area contributed by atoms with E-state index in [2.05, 4.69) is 82.2 Å². The number of likely N-dealkylation sites (N-methyl/N-ethyl adjacent to an activating group) is 1. The van der Waals surface area contributed by atoms with Crippen molar-refractivity contribution in [3.63, 3.8) is 0 Å². The fraction of sp³-hybridized carbons (Fsp3) is 0.696. The molecule has 0 bridgehead atoms. The van der Waals surface area contributed by atoms with Gasteiger partial charge in [-0.1, -0.05) is 26.7 Å². The smallest absolute Gasteiger partial charge is 0.0833 e. The van der Waals surface area contributed by atoms with Crippen molar-refractivity contribution in [2.45, 2.75) is 83.1 Å². The summed E-state index contributed by atoms with van der Waals surface area (Å²) in [5, 5.41) is 0. The lowest BCUT2D eigenvalue weighted by atomic mass is 9.94. The van der Waals surface area contributed by atoms with Gasteiger partial charge in [0.05, 0.1) is 11.1 Å². The minimum absolute atomic E-state index is 0.246. The van der Waals surface area contributed by atoms with E-state index >= 15 is 0 Å². The van der Waals surface area contributed by atoms with Crippen LogP contribution in [-0.2, 0) is 0 Å². The van der Waals surface area contributed by atoms with Crippen LogP contribution in [0.5, 0.6) is 0 Å². The van der Waals surface area contributed by atoms with Crippen LogP contribution in [-0.4, -0.2) is 46.2 Å². The van der Waals surface area contributed by atoms with Gasteiger partial charge in [0.25, 0.3) is 0 Å². The molecule has 27 heavy (non-hydrogen) atoms. The molecule has 1 aromatic heterocycles. The van der Waals surface area contributed by atoms with E-state index in [1.165, 1.54) is 55.3 Å². The lowest BCUT2D eigenvalue weighted by Crippen LogP contribution is -2.40. The Morgan fingerprint density at radius 2 is 1.96 bits per heavy atom. The molecule has 3 atom stereocenters. The summed E-state index contributed by atoms with van der Waals surface area (Å²) in [5.74, 6) is 5.13. The van der Waals surface area contributed by atoms with Crippen molar-refractivity contribution in [2.24, 2.45) is 0 Å². The van der Waals surface area contributed by atoms with Gasteiger partial charge in [0.2, 0.25) is 0 Å². The van der Waals surface area contributed by atoms with Crippen LogP contribution in [0, 0.1) is 6.92 Å².